The molecule has 1 aromatic rings. The summed E-state index contributed by atoms with van der Waals surface area (Å²) in [7, 11) is 3.51. The van der Waals surface area contributed by atoms with E-state index in [0.717, 1.165) is 5.69 Å². The van der Waals surface area contributed by atoms with E-state index in [9.17, 15) is 9.50 Å². The van der Waals surface area contributed by atoms with Crippen LogP contribution in [-0.2, 0) is 4.74 Å². The first-order chi connectivity index (χ1) is 8.36. The maximum atomic E-state index is 12.8. The molecular weight excluding hydrogens is 233 g/mol. The summed E-state index contributed by atoms with van der Waals surface area (Å²) in [4.78, 5) is 1.98. The molecule has 102 valence electrons. The van der Waals surface area contributed by atoms with Crippen molar-refractivity contribution in [2.45, 2.75) is 32.0 Å². The van der Waals surface area contributed by atoms with E-state index in [1.807, 2.05) is 25.8 Å². The van der Waals surface area contributed by atoms with Crippen LogP contribution in [0, 0.1) is 5.82 Å². The number of aliphatic hydroxyl groups excluding tert-OH is 1. The van der Waals surface area contributed by atoms with Crippen molar-refractivity contribution in [2.24, 2.45) is 0 Å². The van der Waals surface area contributed by atoms with Gasteiger partial charge in [-0.2, -0.15) is 0 Å². The fourth-order valence-corrected chi connectivity index (χ4v) is 1.62. The van der Waals surface area contributed by atoms with Gasteiger partial charge in [0.2, 0.25) is 0 Å². The van der Waals surface area contributed by atoms with E-state index in [-0.39, 0.29) is 5.82 Å². The third-order valence-electron chi connectivity index (χ3n) is 3.33. The molecule has 0 aliphatic heterocycles. The van der Waals surface area contributed by atoms with Gasteiger partial charge in [0, 0.05) is 26.4 Å². The summed E-state index contributed by atoms with van der Waals surface area (Å²) in [5.74, 6) is -0.243. The average Bonchev–Trinajstić information content (AvgIpc) is 2.36. The largest absolute Gasteiger partial charge is 0.390 e. The second kappa shape index (κ2) is 6.16. The Balaban J connectivity index is 2.51. The highest BCUT2D eigenvalue weighted by Gasteiger charge is 2.27. The minimum absolute atomic E-state index is 0.243. The highest BCUT2D eigenvalue weighted by Crippen LogP contribution is 2.19. The van der Waals surface area contributed by atoms with E-state index in [0.29, 0.717) is 13.0 Å². The molecule has 1 rings (SSSR count). The van der Waals surface area contributed by atoms with E-state index in [4.69, 9.17) is 4.74 Å². The summed E-state index contributed by atoms with van der Waals surface area (Å²) in [5.41, 5.74) is 0.378. The van der Waals surface area contributed by atoms with Gasteiger partial charge in [0.15, 0.2) is 0 Å². The zero-order valence-electron chi connectivity index (χ0n) is 11.5. The van der Waals surface area contributed by atoms with Gasteiger partial charge in [-0.05, 0) is 44.5 Å². The Bertz CT molecular complexity index is 365. The van der Waals surface area contributed by atoms with Crippen LogP contribution >= 0.6 is 0 Å². The van der Waals surface area contributed by atoms with Crippen LogP contribution in [0.25, 0.3) is 0 Å². The SMILES string of the molecule is COC(C)(C)C(O)CCN(C)c1ccc(F)cc1. The van der Waals surface area contributed by atoms with Crippen molar-refractivity contribution in [1.82, 2.24) is 0 Å². The van der Waals surface area contributed by atoms with Gasteiger partial charge in [0.05, 0.1) is 11.7 Å². The Morgan fingerprint density at radius 1 is 1.33 bits per heavy atom. The van der Waals surface area contributed by atoms with Gasteiger partial charge in [-0.15, -0.1) is 0 Å². The van der Waals surface area contributed by atoms with E-state index >= 15 is 0 Å². The summed E-state index contributed by atoms with van der Waals surface area (Å²) in [5, 5.41) is 10.0. The van der Waals surface area contributed by atoms with E-state index in [2.05, 4.69) is 0 Å². The predicted molar refractivity (Wildman–Crippen MR) is 71.4 cm³/mol. The number of methoxy groups -OCH3 is 1. The molecule has 1 atom stereocenters. The molecule has 1 N–H and O–H groups in total. The molecule has 0 heterocycles. The van der Waals surface area contributed by atoms with Gasteiger partial charge in [-0.3, -0.25) is 0 Å². The van der Waals surface area contributed by atoms with Crippen molar-refractivity contribution in [2.75, 3.05) is 25.6 Å². The van der Waals surface area contributed by atoms with Crippen LogP contribution in [0.5, 0.6) is 0 Å². The summed E-state index contributed by atoms with van der Waals surface area (Å²) in [6.07, 6.45) is 0.0553. The number of ether oxygens (including phenoxy) is 1. The Morgan fingerprint density at radius 3 is 2.39 bits per heavy atom. The van der Waals surface area contributed by atoms with Crippen molar-refractivity contribution < 1.29 is 14.2 Å². The predicted octanol–water partition coefficient (Wildman–Crippen LogP) is 2.44. The molecule has 3 nitrogen and oxygen atoms in total. The van der Waals surface area contributed by atoms with Gasteiger partial charge in [-0.25, -0.2) is 4.39 Å². The average molecular weight is 255 g/mol. The first kappa shape index (κ1) is 14.9. The first-order valence-corrected chi connectivity index (χ1v) is 6.06. The molecule has 1 unspecified atom stereocenters. The van der Waals surface area contributed by atoms with E-state index < -0.39 is 11.7 Å². The molecule has 1 aromatic carbocycles. The number of halogens is 1. The monoisotopic (exact) mass is 255 g/mol. The zero-order valence-corrected chi connectivity index (χ0v) is 11.5. The first-order valence-electron chi connectivity index (χ1n) is 6.06. The second-order valence-electron chi connectivity index (χ2n) is 5.01. The number of nitrogens with zero attached hydrogens (tertiary/aromatic N) is 1. The molecule has 0 aromatic heterocycles. The molecule has 0 saturated carbocycles. The highest BCUT2D eigenvalue weighted by molar-refractivity contribution is 5.45. The lowest BCUT2D eigenvalue weighted by molar-refractivity contribution is -0.0790. The molecule has 0 amide bonds. The lowest BCUT2D eigenvalue weighted by atomic mass is 9.98. The molecular formula is C14H22FNO2. The summed E-state index contributed by atoms with van der Waals surface area (Å²) < 4.78 is 18.0. The number of anilines is 1. The van der Waals surface area contributed by atoms with Crippen LogP contribution in [0.2, 0.25) is 0 Å². The van der Waals surface area contributed by atoms with E-state index in [1.54, 1.807) is 19.2 Å². The highest BCUT2D eigenvalue weighted by atomic mass is 19.1. The molecule has 0 radical (unpaired) electrons. The van der Waals surface area contributed by atoms with Crippen LogP contribution in [0.4, 0.5) is 10.1 Å². The smallest absolute Gasteiger partial charge is 0.123 e. The number of aliphatic hydroxyl groups is 1. The molecule has 18 heavy (non-hydrogen) atoms. The van der Waals surface area contributed by atoms with Crippen molar-refractivity contribution in [1.29, 1.82) is 0 Å². The molecule has 0 spiro atoms. The fourth-order valence-electron chi connectivity index (χ4n) is 1.62. The van der Waals surface area contributed by atoms with Crippen molar-refractivity contribution in [3.8, 4) is 0 Å². The third-order valence-corrected chi connectivity index (χ3v) is 3.33. The zero-order chi connectivity index (χ0) is 13.8. The molecule has 0 bridgehead atoms. The second-order valence-corrected chi connectivity index (χ2v) is 5.01. The summed E-state index contributed by atoms with van der Waals surface area (Å²) >= 11 is 0. The molecule has 0 aliphatic rings. The van der Waals surface area contributed by atoms with Crippen LogP contribution in [0.1, 0.15) is 20.3 Å². The number of hydrogen-bond donors (Lipinski definition) is 1. The van der Waals surface area contributed by atoms with Crippen LogP contribution in [-0.4, -0.2) is 37.5 Å². The minimum atomic E-state index is -0.552. The lowest BCUT2D eigenvalue weighted by Crippen LogP contribution is -2.40. The number of rotatable bonds is 6. The molecule has 0 fully saturated rings. The normalized spacial score (nSPS) is 13.4. The Morgan fingerprint density at radius 2 is 1.89 bits per heavy atom. The van der Waals surface area contributed by atoms with Gasteiger partial charge in [0.25, 0.3) is 0 Å². The maximum Gasteiger partial charge on any atom is 0.123 e. The maximum absolute atomic E-state index is 12.8. The number of hydrogen-bond acceptors (Lipinski definition) is 3. The van der Waals surface area contributed by atoms with Gasteiger partial charge < -0.3 is 14.7 Å². The Kier molecular flexibility index (Phi) is 5.11. The van der Waals surface area contributed by atoms with Crippen molar-refractivity contribution in [3.05, 3.63) is 30.1 Å². The quantitative estimate of drug-likeness (QED) is 0.847. The fraction of sp³-hybridized carbons (Fsp3) is 0.571. The van der Waals surface area contributed by atoms with Crippen LogP contribution in [0.15, 0.2) is 24.3 Å². The van der Waals surface area contributed by atoms with Crippen LogP contribution < -0.4 is 4.90 Å². The summed E-state index contributed by atoms with van der Waals surface area (Å²) in [6.45, 7) is 4.39. The summed E-state index contributed by atoms with van der Waals surface area (Å²) in [6, 6.07) is 6.31. The Hall–Kier alpha value is -1.13. The minimum Gasteiger partial charge on any atom is -0.390 e. The number of benzene rings is 1. The van der Waals surface area contributed by atoms with Gasteiger partial charge in [-0.1, -0.05) is 0 Å². The molecule has 0 aliphatic carbocycles. The van der Waals surface area contributed by atoms with Crippen LogP contribution in [0.3, 0.4) is 0 Å². The third kappa shape index (κ3) is 3.96. The standard InChI is InChI=1S/C14H22FNO2/c1-14(2,18-4)13(17)9-10-16(3)12-7-5-11(15)6-8-12/h5-8,13,17H,9-10H2,1-4H3. The van der Waals surface area contributed by atoms with Crippen molar-refractivity contribution in [3.63, 3.8) is 0 Å². The van der Waals surface area contributed by atoms with Gasteiger partial charge in [0.1, 0.15) is 5.82 Å². The van der Waals surface area contributed by atoms with E-state index in [1.165, 1.54) is 12.1 Å². The molecule has 4 heteroatoms. The molecule has 0 saturated heterocycles. The van der Waals surface area contributed by atoms with Gasteiger partial charge >= 0.3 is 0 Å². The Labute approximate surface area is 108 Å². The van der Waals surface area contributed by atoms with Crippen molar-refractivity contribution >= 4 is 5.69 Å². The lowest BCUT2D eigenvalue weighted by Gasteiger charge is -2.30. The topological polar surface area (TPSA) is 32.7 Å².